The summed E-state index contributed by atoms with van der Waals surface area (Å²) in [7, 11) is 0. The van der Waals surface area contributed by atoms with E-state index in [9.17, 15) is 9.50 Å². The molecular weight excluding hydrogens is 361 g/mol. The van der Waals surface area contributed by atoms with Crippen LogP contribution < -0.4 is 10.1 Å². The van der Waals surface area contributed by atoms with E-state index in [4.69, 9.17) is 16.3 Å². The zero-order valence-corrected chi connectivity index (χ0v) is 13.4. The summed E-state index contributed by atoms with van der Waals surface area (Å²) in [6, 6.07) is 11.6. The van der Waals surface area contributed by atoms with E-state index in [2.05, 4.69) is 21.2 Å². The summed E-state index contributed by atoms with van der Waals surface area (Å²) in [5.74, 6) is 0.198. The second kappa shape index (κ2) is 7.64. The van der Waals surface area contributed by atoms with Crippen molar-refractivity contribution in [1.29, 1.82) is 0 Å². The normalized spacial score (nSPS) is 12.0. The SMILES string of the molecule is OC(CNc1ccc(Cl)cc1F)COc1cccc(Br)c1. The fourth-order valence-electron chi connectivity index (χ4n) is 1.67. The van der Waals surface area contributed by atoms with Gasteiger partial charge in [0.05, 0.1) is 5.69 Å². The van der Waals surface area contributed by atoms with Crippen LogP contribution in [-0.2, 0) is 0 Å². The second-order valence-corrected chi connectivity index (χ2v) is 5.78. The number of aliphatic hydroxyl groups excluding tert-OH is 1. The number of nitrogens with one attached hydrogen (secondary N) is 1. The van der Waals surface area contributed by atoms with Gasteiger partial charge in [-0.25, -0.2) is 4.39 Å². The van der Waals surface area contributed by atoms with Gasteiger partial charge in [0.15, 0.2) is 0 Å². The molecular formula is C15H14BrClFNO2. The Morgan fingerprint density at radius 1 is 1.29 bits per heavy atom. The summed E-state index contributed by atoms with van der Waals surface area (Å²) in [6.07, 6.45) is -0.765. The zero-order valence-electron chi connectivity index (χ0n) is 11.0. The Labute approximate surface area is 135 Å². The van der Waals surface area contributed by atoms with Gasteiger partial charge in [-0.2, -0.15) is 0 Å². The van der Waals surface area contributed by atoms with Gasteiger partial charge in [0.2, 0.25) is 0 Å². The van der Waals surface area contributed by atoms with E-state index in [0.717, 1.165) is 4.47 Å². The molecule has 6 heteroatoms. The quantitative estimate of drug-likeness (QED) is 0.800. The van der Waals surface area contributed by atoms with E-state index in [1.54, 1.807) is 18.2 Å². The second-order valence-electron chi connectivity index (χ2n) is 4.43. The average Bonchev–Trinajstić information content (AvgIpc) is 2.44. The van der Waals surface area contributed by atoms with Crippen molar-refractivity contribution in [3.05, 3.63) is 57.8 Å². The monoisotopic (exact) mass is 373 g/mol. The molecule has 2 rings (SSSR count). The predicted octanol–water partition coefficient (Wildman–Crippen LogP) is 4.09. The van der Waals surface area contributed by atoms with Crippen LogP contribution in [0.25, 0.3) is 0 Å². The molecule has 112 valence electrons. The van der Waals surface area contributed by atoms with Crippen LogP contribution in [0.2, 0.25) is 5.02 Å². The van der Waals surface area contributed by atoms with Gasteiger partial charge in [-0.3, -0.25) is 0 Å². The van der Waals surface area contributed by atoms with Crippen LogP contribution in [0.4, 0.5) is 10.1 Å². The van der Waals surface area contributed by atoms with Crippen LogP contribution in [0.1, 0.15) is 0 Å². The number of aliphatic hydroxyl groups is 1. The van der Waals surface area contributed by atoms with Crippen LogP contribution in [0.3, 0.4) is 0 Å². The molecule has 1 atom stereocenters. The molecule has 2 N–H and O–H groups in total. The number of benzene rings is 2. The minimum atomic E-state index is -0.765. The number of anilines is 1. The topological polar surface area (TPSA) is 41.5 Å². The lowest BCUT2D eigenvalue weighted by Gasteiger charge is -2.14. The minimum absolute atomic E-state index is 0.110. The molecule has 2 aromatic rings. The first-order valence-corrected chi connectivity index (χ1v) is 7.47. The summed E-state index contributed by atoms with van der Waals surface area (Å²) in [5.41, 5.74) is 0.293. The molecule has 0 aliphatic heterocycles. The molecule has 0 aliphatic carbocycles. The van der Waals surface area contributed by atoms with Crippen molar-refractivity contribution in [3.63, 3.8) is 0 Å². The summed E-state index contributed by atoms with van der Waals surface area (Å²) in [4.78, 5) is 0. The van der Waals surface area contributed by atoms with Gasteiger partial charge in [0, 0.05) is 16.0 Å². The molecule has 0 saturated heterocycles. The molecule has 0 bridgehead atoms. The highest BCUT2D eigenvalue weighted by Crippen LogP contribution is 2.19. The molecule has 0 amide bonds. The van der Waals surface area contributed by atoms with Crippen molar-refractivity contribution in [2.75, 3.05) is 18.5 Å². The van der Waals surface area contributed by atoms with E-state index in [1.807, 2.05) is 12.1 Å². The first-order chi connectivity index (χ1) is 10.0. The predicted molar refractivity (Wildman–Crippen MR) is 85.5 cm³/mol. The molecule has 1 unspecified atom stereocenters. The first kappa shape index (κ1) is 16.1. The lowest BCUT2D eigenvalue weighted by molar-refractivity contribution is 0.117. The number of ether oxygens (including phenoxy) is 1. The largest absolute Gasteiger partial charge is 0.491 e. The molecule has 0 fully saturated rings. The minimum Gasteiger partial charge on any atom is -0.491 e. The summed E-state index contributed by atoms with van der Waals surface area (Å²) < 4.78 is 19.9. The Hall–Kier alpha value is -1.30. The molecule has 0 aliphatic rings. The van der Waals surface area contributed by atoms with Gasteiger partial charge >= 0.3 is 0 Å². The van der Waals surface area contributed by atoms with Crippen molar-refractivity contribution in [1.82, 2.24) is 0 Å². The molecule has 0 radical (unpaired) electrons. The lowest BCUT2D eigenvalue weighted by atomic mass is 10.3. The highest BCUT2D eigenvalue weighted by Gasteiger charge is 2.08. The van der Waals surface area contributed by atoms with Gasteiger partial charge in [0.1, 0.15) is 24.3 Å². The van der Waals surface area contributed by atoms with Gasteiger partial charge < -0.3 is 15.2 Å². The maximum absolute atomic E-state index is 13.5. The number of rotatable bonds is 6. The third kappa shape index (κ3) is 5.19. The maximum Gasteiger partial charge on any atom is 0.147 e. The Kier molecular flexibility index (Phi) is 5.85. The van der Waals surface area contributed by atoms with E-state index in [0.29, 0.717) is 16.5 Å². The molecule has 21 heavy (non-hydrogen) atoms. The lowest BCUT2D eigenvalue weighted by Crippen LogP contribution is -2.26. The van der Waals surface area contributed by atoms with Crippen LogP contribution in [0.15, 0.2) is 46.9 Å². The third-order valence-electron chi connectivity index (χ3n) is 2.70. The Morgan fingerprint density at radius 3 is 2.81 bits per heavy atom. The molecule has 0 aromatic heterocycles. The van der Waals surface area contributed by atoms with Crippen molar-refractivity contribution in [2.45, 2.75) is 6.10 Å². The van der Waals surface area contributed by atoms with Crippen molar-refractivity contribution < 1.29 is 14.2 Å². The highest BCUT2D eigenvalue weighted by atomic mass is 79.9. The van der Waals surface area contributed by atoms with Crippen LogP contribution >= 0.6 is 27.5 Å². The number of hydrogen-bond acceptors (Lipinski definition) is 3. The Bertz CT molecular complexity index is 612. The summed E-state index contributed by atoms with van der Waals surface area (Å²) >= 11 is 9.01. The number of halogens is 3. The van der Waals surface area contributed by atoms with Gasteiger partial charge in [-0.1, -0.05) is 33.6 Å². The average molecular weight is 375 g/mol. The summed E-state index contributed by atoms with van der Waals surface area (Å²) in [6.45, 7) is 0.283. The smallest absolute Gasteiger partial charge is 0.147 e. The van der Waals surface area contributed by atoms with Crippen LogP contribution in [-0.4, -0.2) is 24.4 Å². The summed E-state index contributed by atoms with van der Waals surface area (Å²) in [5, 5.41) is 13.0. The van der Waals surface area contributed by atoms with Gasteiger partial charge in [-0.15, -0.1) is 0 Å². The molecule has 0 heterocycles. The maximum atomic E-state index is 13.5. The van der Waals surface area contributed by atoms with Crippen LogP contribution in [0, 0.1) is 5.82 Å². The zero-order chi connectivity index (χ0) is 15.2. The van der Waals surface area contributed by atoms with Gasteiger partial charge in [-0.05, 0) is 36.4 Å². The Balaban J connectivity index is 1.80. The molecule has 2 aromatic carbocycles. The third-order valence-corrected chi connectivity index (χ3v) is 3.43. The van der Waals surface area contributed by atoms with Crippen molar-refractivity contribution >= 4 is 33.2 Å². The molecule has 0 saturated carbocycles. The fraction of sp³-hybridized carbons (Fsp3) is 0.200. The fourth-order valence-corrected chi connectivity index (χ4v) is 2.21. The number of hydrogen-bond donors (Lipinski definition) is 2. The van der Waals surface area contributed by atoms with Gasteiger partial charge in [0.25, 0.3) is 0 Å². The highest BCUT2D eigenvalue weighted by molar-refractivity contribution is 9.10. The van der Waals surface area contributed by atoms with E-state index >= 15 is 0 Å². The van der Waals surface area contributed by atoms with E-state index in [1.165, 1.54) is 12.1 Å². The Morgan fingerprint density at radius 2 is 2.10 bits per heavy atom. The van der Waals surface area contributed by atoms with Crippen LogP contribution in [0.5, 0.6) is 5.75 Å². The standard InChI is InChI=1S/C15H14BrClFNO2/c16-10-2-1-3-13(6-10)21-9-12(20)8-19-15-5-4-11(17)7-14(15)18/h1-7,12,19-20H,8-9H2. The first-order valence-electron chi connectivity index (χ1n) is 6.30. The molecule has 3 nitrogen and oxygen atoms in total. The molecule has 0 spiro atoms. The van der Waals surface area contributed by atoms with Crippen molar-refractivity contribution in [2.24, 2.45) is 0 Å². The van der Waals surface area contributed by atoms with E-state index in [-0.39, 0.29) is 13.2 Å². The van der Waals surface area contributed by atoms with Crippen molar-refractivity contribution in [3.8, 4) is 5.75 Å². The van der Waals surface area contributed by atoms with E-state index < -0.39 is 11.9 Å².